The number of esters is 1. The zero-order chi connectivity index (χ0) is 16.3. The van der Waals surface area contributed by atoms with Crippen LogP contribution < -0.4 is 5.32 Å². The van der Waals surface area contributed by atoms with Crippen molar-refractivity contribution in [3.63, 3.8) is 0 Å². The van der Waals surface area contributed by atoms with Crippen molar-refractivity contribution in [1.29, 1.82) is 0 Å². The SMILES string of the molecule is COC(=O)c1c(C)[nH]c(C(=O)N[C@@H](C)Cn2ccnc2)c1C. The molecule has 0 aliphatic heterocycles. The largest absolute Gasteiger partial charge is 0.465 e. The average molecular weight is 304 g/mol. The van der Waals surface area contributed by atoms with Gasteiger partial charge in [-0.1, -0.05) is 0 Å². The van der Waals surface area contributed by atoms with Crippen LogP contribution in [0.2, 0.25) is 0 Å². The molecule has 0 aromatic carbocycles. The summed E-state index contributed by atoms with van der Waals surface area (Å²) in [6.07, 6.45) is 5.22. The summed E-state index contributed by atoms with van der Waals surface area (Å²) < 4.78 is 6.63. The average Bonchev–Trinajstić information content (AvgIpc) is 3.06. The van der Waals surface area contributed by atoms with E-state index >= 15 is 0 Å². The Morgan fingerprint density at radius 2 is 2.18 bits per heavy atom. The van der Waals surface area contributed by atoms with Gasteiger partial charge in [-0.25, -0.2) is 9.78 Å². The highest BCUT2D eigenvalue weighted by Crippen LogP contribution is 2.18. The molecule has 7 nitrogen and oxygen atoms in total. The van der Waals surface area contributed by atoms with Gasteiger partial charge < -0.3 is 19.6 Å². The van der Waals surface area contributed by atoms with Crippen LogP contribution in [0.4, 0.5) is 0 Å². The van der Waals surface area contributed by atoms with Crippen LogP contribution in [0, 0.1) is 13.8 Å². The molecule has 0 saturated carbocycles. The molecule has 22 heavy (non-hydrogen) atoms. The monoisotopic (exact) mass is 304 g/mol. The molecule has 0 bridgehead atoms. The molecule has 2 N–H and O–H groups in total. The van der Waals surface area contributed by atoms with Gasteiger partial charge in [0.15, 0.2) is 0 Å². The lowest BCUT2D eigenvalue weighted by Gasteiger charge is -2.14. The minimum absolute atomic E-state index is 0.0775. The maximum Gasteiger partial charge on any atom is 0.339 e. The Hall–Kier alpha value is -2.57. The highest BCUT2D eigenvalue weighted by atomic mass is 16.5. The van der Waals surface area contributed by atoms with Gasteiger partial charge in [0, 0.05) is 30.7 Å². The number of ether oxygens (including phenoxy) is 1. The number of rotatable bonds is 5. The quantitative estimate of drug-likeness (QED) is 0.818. The summed E-state index contributed by atoms with van der Waals surface area (Å²) in [6.45, 7) is 5.99. The molecule has 118 valence electrons. The summed E-state index contributed by atoms with van der Waals surface area (Å²) in [5, 5.41) is 2.90. The second kappa shape index (κ2) is 6.46. The number of H-pyrrole nitrogens is 1. The van der Waals surface area contributed by atoms with Crippen LogP contribution in [0.15, 0.2) is 18.7 Å². The lowest BCUT2D eigenvalue weighted by Crippen LogP contribution is -2.36. The van der Waals surface area contributed by atoms with E-state index in [1.54, 1.807) is 26.4 Å². The first-order chi connectivity index (χ1) is 10.4. The van der Waals surface area contributed by atoms with E-state index < -0.39 is 5.97 Å². The van der Waals surface area contributed by atoms with Crippen LogP contribution in [0.5, 0.6) is 0 Å². The Labute approximate surface area is 128 Å². The molecule has 0 fully saturated rings. The van der Waals surface area contributed by atoms with E-state index in [0.717, 1.165) is 0 Å². The molecule has 0 saturated heterocycles. The Morgan fingerprint density at radius 1 is 1.45 bits per heavy atom. The van der Waals surface area contributed by atoms with Crippen molar-refractivity contribution in [2.24, 2.45) is 0 Å². The van der Waals surface area contributed by atoms with Crippen molar-refractivity contribution in [1.82, 2.24) is 19.9 Å². The third-order valence-electron chi connectivity index (χ3n) is 3.48. The molecule has 2 rings (SSSR count). The first-order valence-electron chi connectivity index (χ1n) is 6.98. The van der Waals surface area contributed by atoms with E-state index in [4.69, 9.17) is 4.74 Å². The van der Waals surface area contributed by atoms with Crippen LogP contribution in [0.1, 0.15) is 39.0 Å². The van der Waals surface area contributed by atoms with Crippen LogP contribution >= 0.6 is 0 Å². The molecule has 0 aliphatic carbocycles. The lowest BCUT2D eigenvalue weighted by atomic mass is 10.1. The number of methoxy groups -OCH3 is 1. The molecule has 1 atom stereocenters. The molecule has 1 amide bonds. The zero-order valence-electron chi connectivity index (χ0n) is 13.1. The van der Waals surface area contributed by atoms with E-state index in [1.807, 2.05) is 17.7 Å². The van der Waals surface area contributed by atoms with Gasteiger partial charge in [-0.2, -0.15) is 0 Å². The zero-order valence-corrected chi connectivity index (χ0v) is 13.1. The van der Waals surface area contributed by atoms with Crippen molar-refractivity contribution in [2.45, 2.75) is 33.4 Å². The van der Waals surface area contributed by atoms with E-state index in [-0.39, 0.29) is 11.9 Å². The highest BCUT2D eigenvalue weighted by Gasteiger charge is 2.23. The predicted octanol–water partition coefficient (Wildman–Crippen LogP) is 1.43. The third kappa shape index (κ3) is 3.19. The standard InChI is InChI=1S/C15H20N4O3/c1-9(7-19-6-5-16-8-19)17-14(20)13-10(2)12(11(3)18-13)15(21)22-4/h5-6,8-9,18H,7H2,1-4H3,(H,17,20)/t9-/m0/s1. The normalized spacial score (nSPS) is 12.0. The fraction of sp³-hybridized carbons (Fsp3) is 0.400. The number of aromatic amines is 1. The molecule has 0 aliphatic rings. The molecular formula is C15H20N4O3. The van der Waals surface area contributed by atoms with Gasteiger partial charge in [-0.05, 0) is 26.3 Å². The number of nitrogens with one attached hydrogen (secondary N) is 2. The number of amides is 1. The van der Waals surface area contributed by atoms with Crippen LogP contribution in [0.25, 0.3) is 0 Å². The fourth-order valence-electron chi connectivity index (χ4n) is 2.44. The summed E-state index contributed by atoms with van der Waals surface area (Å²) in [6, 6.07) is -0.0775. The maximum atomic E-state index is 12.4. The van der Waals surface area contributed by atoms with Crippen LogP contribution in [0.3, 0.4) is 0 Å². The van der Waals surface area contributed by atoms with Gasteiger partial charge in [0.05, 0.1) is 19.0 Å². The van der Waals surface area contributed by atoms with E-state index in [2.05, 4.69) is 15.3 Å². The number of imidazole rings is 1. The summed E-state index contributed by atoms with van der Waals surface area (Å²) in [7, 11) is 1.32. The molecule has 7 heteroatoms. The number of nitrogens with zero attached hydrogens (tertiary/aromatic N) is 2. The number of hydrogen-bond donors (Lipinski definition) is 2. The van der Waals surface area contributed by atoms with Crippen LogP contribution in [-0.4, -0.2) is 39.6 Å². The van der Waals surface area contributed by atoms with Crippen molar-refractivity contribution in [3.05, 3.63) is 41.2 Å². The van der Waals surface area contributed by atoms with Gasteiger partial charge in [0.1, 0.15) is 5.69 Å². The molecule has 2 heterocycles. The molecule has 2 aromatic rings. The second-order valence-electron chi connectivity index (χ2n) is 5.25. The summed E-state index contributed by atoms with van der Waals surface area (Å²) in [4.78, 5) is 31.0. The fourth-order valence-corrected chi connectivity index (χ4v) is 2.44. The van der Waals surface area contributed by atoms with Gasteiger partial charge in [-0.15, -0.1) is 0 Å². The summed E-state index contributed by atoms with van der Waals surface area (Å²) >= 11 is 0. The smallest absolute Gasteiger partial charge is 0.339 e. The third-order valence-corrected chi connectivity index (χ3v) is 3.48. The topological polar surface area (TPSA) is 89.0 Å². The molecule has 0 radical (unpaired) electrons. The second-order valence-corrected chi connectivity index (χ2v) is 5.25. The number of hydrogen-bond acceptors (Lipinski definition) is 4. The van der Waals surface area contributed by atoms with E-state index in [1.165, 1.54) is 7.11 Å². The van der Waals surface area contributed by atoms with Gasteiger partial charge in [0.2, 0.25) is 0 Å². The lowest BCUT2D eigenvalue weighted by molar-refractivity contribution is 0.0599. The van der Waals surface area contributed by atoms with E-state index in [9.17, 15) is 9.59 Å². The van der Waals surface area contributed by atoms with Crippen molar-refractivity contribution < 1.29 is 14.3 Å². The van der Waals surface area contributed by atoms with Crippen LogP contribution in [-0.2, 0) is 11.3 Å². The summed E-state index contributed by atoms with van der Waals surface area (Å²) in [5.74, 6) is -0.694. The Kier molecular flexibility index (Phi) is 4.65. The molecule has 0 spiro atoms. The van der Waals surface area contributed by atoms with Gasteiger partial charge in [0.25, 0.3) is 5.91 Å². The van der Waals surface area contributed by atoms with Crippen molar-refractivity contribution in [2.75, 3.05) is 7.11 Å². The van der Waals surface area contributed by atoms with Gasteiger partial charge >= 0.3 is 5.97 Å². The Bertz CT molecular complexity index is 673. The van der Waals surface area contributed by atoms with Crippen molar-refractivity contribution >= 4 is 11.9 Å². The van der Waals surface area contributed by atoms with Gasteiger partial charge in [-0.3, -0.25) is 4.79 Å². The number of carbonyl (C=O) groups excluding carboxylic acids is 2. The van der Waals surface area contributed by atoms with E-state index in [0.29, 0.717) is 29.1 Å². The summed E-state index contributed by atoms with van der Waals surface area (Å²) in [5.41, 5.74) is 2.01. The number of carbonyl (C=O) groups is 2. The first-order valence-corrected chi connectivity index (χ1v) is 6.98. The van der Waals surface area contributed by atoms with Crippen molar-refractivity contribution in [3.8, 4) is 0 Å². The maximum absolute atomic E-state index is 12.4. The predicted molar refractivity (Wildman–Crippen MR) is 80.8 cm³/mol. The molecular weight excluding hydrogens is 284 g/mol. The number of aromatic nitrogens is 3. The minimum Gasteiger partial charge on any atom is -0.465 e. The number of aryl methyl sites for hydroxylation is 1. The molecule has 0 unspecified atom stereocenters. The minimum atomic E-state index is -0.447. The Morgan fingerprint density at radius 3 is 2.77 bits per heavy atom. The highest BCUT2D eigenvalue weighted by molar-refractivity contribution is 6.00. The Balaban J connectivity index is 2.11. The molecule has 2 aromatic heterocycles. The first kappa shape index (κ1) is 15.8.